The number of nitrogens with one attached hydrogen (secondary N) is 2. The molecule has 1 aromatic rings. The van der Waals surface area contributed by atoms with E-state index in [9.17, 15) is 4.79 Å². The standard InChI is InChI=1S/C16H24N2O2/c1-3-10-20-14-8-4-7-13(11-14)18-16(19)15-12(2)6-5-9-17-15/h4,7-8,11-12,15,17H,3,5-6,9-10H2,1-2H3,(H,18,19). The highest BCUT2D eigenvalue weighted by molar-refractivity contribution is 5.95. The average Bonchev–Trinajstić information content (AvgIpc) is 2.46. The van der Waals surface area contributed by atoms with Crippen LogP contribution in [0.25, 0.3) is 0 Å². The number of hydrogen-bond acceptors (Lipinski definition) is 3. The van der Waals surface area contributed by atoms with Gasteiger partial charge in [0.2, 0.25) is 5.91 Å². The molecular formula is C16H24N2O2. The molecule has 2 N–H and O–H groups in total. The number of anilines is 1. The average molecular weight is 276 g/mol. The normalized spacial score (nSPS) is 22.3. The van der Waals surface area contributed by atoms with Gasteiger partial charge in [-0.25, -0.2) is 0 Å². The van der Waals surface area contributed by atoms with Gasteiger partial charge in [-0.1, -0.05) is 19.9 Å². The summed E-state index contributed by atoms with van der Waals surface area (Å²) in [6.07, 6.45) is 3.22. The number of amides is 1. The van der Waals surface area contributed by atoms with Crippen molar-refractivity contribution >= 4 is 11.6 Å². The number of carbonyl (C=O) groups excluding carboxylic acids is 1. The Hall–Kier alpha value is -1.55. The molecule has 2 unspecified atom stereocenters. The molecule has 4 nitrogen and oxygen atoms in total. The van der Waals surface area contributed by atoms with Gasteiger partial charge >= 0.3 is 0 Å². The van der Waals surface area contributed by atoms with E-state index in [0.717, 1.165) is 37.2 Å². The minimum Gasteiger partial charge on any atom is -0.494 e. The van der Waals surface area contributed by atoms with Gasteiger partial charge in [-0.3, -0.25) is 4.79 Å². The molecule has 110 valence electrons. The van der Waals surface area contributed by atoms with Crippen molar-refractivity contribution in [3.05, 3.63) is 24.3 Å². The van der Waals surface area contributed by atoms with Gasteiger partial charge in [-0.05, 0) is 43.9 Å². The monoisotopic (exact) mass is 276 g/mol. The van der Waals surface area contributed by atoms with Crippen LogP contribution in [0.2, 0.25) is 0 Å². The van der Waals surface area contributed by atoms with Gasteiger partial charge in [0.25, 0.3) is 0 Å². The molecule has 0 spiro atoms. The quantitative estimate of drug-likeness (QED) is 0.869. The highest BCUT2D eigenvalue weighted by Gasteiger charge is 2.27. The van der Waals surface area contributed by atoms with Gasteiger partial charge in [0.1, 0.15) is 5.75 Å². The molecule has 2 atom stereocenters. The molecule has 1 aliphatic heterocycles. The van der Waals surface area contributed by atoms with Crippen molar-refractivity contribution in [2.24, 2.45) is 5.92 Å². The lowest BCUT2D eigenvalue weighted by Crippen LogP contribution is -2.48. The fourth-order valence-electron chi connectivity index (χ4n) is 2.50. The van der Waals surface area contributed by atoms with Crippen LogP contribution in [0.5, 0.6) is 5.75 Å². The van der Waals surface area contributed by atoms with Gasteiger partial charge in [0.05, 0.1) is 12.6 Å². The van der Waals surface area contributed by atoms with Crippen molar-refractivity contribution < 1.29 is 9.53 Å². The first-order valence-corrected chi connectivity index (χ1v) is 7.48. The predicted molar refractivity (Wildman–Crippen MR) is 81.0 cm³/mol. The van der Waals surface area contributed by atoms with E-state index in [1.807, 2.05) is 24.3 Å². The summed E-state index contributed by atoms with van der Waals surface area (Å²) in [7, 11) is 0. The number of piperidine rings is 1. The van der Waals surface area contributed by atoms with Crippen LogP contribution in [0.15, 0.2) is 24.3 Å². The maximum Gasteiger partial charge on any atom is 0.241 e. The summed E-state index contributed by atoms with van der Waals surface area (Å²) in [4.78, 5) is 12.3. The van der Waals surface area contributed by atoms with Gasteiger partial charge < -0.3 is 15.4 Å². The maximum absolute atomic E-state index is 12.3. The third-order valence-electron chi connectivity index (χ3n) is 3.63. The van der Waals surface area contributed by atoms with E-state index >= 15 is 0 Å². The van der Waals surface area contributed by atoms with E-state index in [1.165, 1.54) is 0 Å². The lowest BCUT2D eigenvalue weighted by molar-refractivity contribution is -0.119. The van der Waals surface area contributed by atoms with Gasteiger partial charge in [-0.15, -0.1) is 0 Å². The van der Waals surface area contributed by atoms with Crippen LogP contribution in [-0.4, -0.2) is 25.1 Å². The molecule has 0 radical (unpaired) electrons. The molecule has 1 saturated heterocycles. The molecule has 1 aromatic carbocycles. The van der Waals surface area contributed by atoms with Crippen LogP contribution in [0, 0.1) is 5.92 Å². The summed E-state index contributed by atoms with van der Waals surface area (Å²) in [5.41, 5.74) is 0.795. The molecular weight excluding hydrogens is 252 g/mol. The second-order valence-electron chi connectivity index (χ2n) is 5.42. The summed E-state index contributed by atoms with van der Waals surface area (Å²) in [6, 6.07) is 7.49. The minimum atomic E-state index is -0.0935. The van der Waals surface area contributed by atoms with E-state index < -0.39 is 0 Å². The van der Waals surface area contributed by atoms with Gasteiger partial charge in [-0.2, -0.15) is 0 Å². The summed E-state index contributed by atoms with van der Waals surface area (Å²) >= 11 is 0. The van der Waals surface area contributed by atoms with E-state index in [-0.39, 0.29) is 11.9 Å². The van der Waals surface area contributed by atoms with Crippen molar-refractivity contribution in [3.63, 3.8) is 0 Å². The van der Waals surface area contributed by atoms with Crippen molar-refractivity contribution in [3.8, 4) is 5.75 Å². The summed E-state index contributed by atoms with van der Waals surface area (Å²) in [5, 5.41) is 6.27. The largest absolute Gasteiger partial charge is 0.494 e. The van der Waals surface area contributed by atoms with Crippen molar-refractivity contribution in [1.29, 1.82) is 0 Å². The summed E-state index contributed by atoms with van der Waals surface area (Å²) < 4.78 is 5.58. The summed E-state index contributed by atoms with van der Waals surface area (Å²) in [5.74, 6) is 1.22. The molecule has 2 rings (SSSR count). The second-order valence-corrected chi connectivity index (χ2v) is 5.42. The third kappa shape index (κ3) is 3.97. The Morgan fingerprint density at radius 1 is 1.50 bits per heavy atom. The molecule has 0 saturated carbocycles. The Balaban J connectivity index is 1.96. The fraction of sp³-hybridized carbons (Fsp3) is 0.562. The molecule has 20 heavy (non-hydrogen) atoms. The Bertz CT molecular complexity index is 448. The molecule has 1 fully saturated rings. The number of hydrogen-bond donors (Lipinski definition) is 2. The summed E-state index contributed by atoms with van der Waals surface area (Å²) in [6.45, 7) is 5.81. The van der Waals surface area contributed by atoms with Gasteiger partial charge in [0, 0.05) is 11.8 Å². The van der Waals surface area contributed by atoms with Crippen LogP contribution in [0.4, 0.5) is 5.69 Å². The Labute approximate surface area is 120 Å². The molecule has 1 heterocycles. The lowest BCUT2D eigenvalue weighted by Gasteiger charge is -2.28. The first-order chi connectivity index (χ1) is 9.70. The predicted octanol–water partition coefficient (Wildman–Crippen LogP) is 2.80. The fourth-order valence-corrected chi connectivity index (χ4v) is 2.50. The van der Waals surface area contributed by atoms with Crippen LogP contribution < -0.4 is 15.4 Å². The number of ether oxygens (including phenoxy) is 1. The zero-order valence-electron chi connectivity index (χ0n) is 12.3. The molecule has 1 amide bonds. The Kier molecular flexibility index (Phi) is 5.41. The van der Waals surface area contributed by atoms with E-state index in [0.29, 0.717) is 12.5 Å². The lowest BCUT2D eigenvalue weighted by atomic mass is 9.92. The first kappa shape index (κ1) is 14.9. The highest BCUT2D eigenvalue weighted by atomic mass is 16.5. The number of rotatable bonds is 5. The van der Waals surface area contributed by atoms with Gasteiger partial charge in [0.15, 0.2) is 0 Å². The van der Waals surface area contributed by atoms with Crippen LogP contribution >= 0.6 is 0 Å². The molecule has 0 bridgehead atoms. The topological polar surface area (TPSA) is 50.4 Å². The smallest absolute Gasteiger partial charge is 0.241 e. The zero-order chi connectivity index (χ0) is 14.4. The molecule has 4 heteroatoms. The van der Waals surface area contributed by atoms with Crippen molar-refractivity contribution in [2.45, 2.75) is 39.2 Å². The minimum absolute atomic E-state index is 0.0461. The van der Waals surface area contributed by atoms with Crippen molar-refractivity contribution in [1.82, 2.24) is 5.32 Å². The van der Waals surface area contributed by atoms with E-state index in [2.05, 4.69) is 24.5 Å². The van der Waals surface area contributed by atoms with Crippen LogP contribution in [0.1, 0.15) is 33.1 Å². The second kappa shape index (κ2) is 7.29. The van der Waals surface area contributed by atoms with Crippen molar-refractivity contribution in [2.75, 3.05) is 18.5 Å². The molecule has 0 aromatic heterocycles. The number of benzene rings is 1. The van der Waals surface area contributed by atoms with E-state index in [4.69, 9.17) is 4.74 Å². The van der Waals surface area contributed by atoms with Crippen LogP contribution in [0.3, 0.4) is 0 Å². The van der Waals surface area contributed by atoms with Crippen LogP contribution in [-0.2, 0) is 4.79 Å². The van der Waals surface area contributed by atoms with E-state index in [1.54, 1.807) is 0 Å². The molecule has 1 aliphatic rings. The first-order valence-electron chi connectivity index (χ1n) is 7.48. The zero-order valence-corrected chi connectivity index (χ0v) is 12.3. The Morgan fingerprint density at radius 2 is 2.35 bits per heavy atom. The highest BCUT2D eigenvalue weighted by Crippen LogP contribution is 2.20. The number of carbonyl (C=O) groups is 1. The third-order valence-corrected chi connectivity index (χ3v) is 3.63. The SMILES string of the molecule is CCCOc1cccc(NC(=O)C2NCCCC2C)c1. The maximum atomic E-state index is 12.3. The molecule has 0 aliphatic carbocycles. The Morgan fingerprint density at radius 3 is 3.10 bits per heavy atom.